The van der Waals surface area contributed by atoms with Gasteiger partial charge < -0.3 is 10.5 Å². The van der Waals surface area contributed by atoms with Crippen LogP contribution in [0.15, 0.2) is 0 Å². The van der Waals surface area contributed by atoms with Crippen LogP contribution in [0.1, 0.15) is 34.1 Å². The number of rotatable bonds is 4. The quantitative estimate of drug-likeness (QED) is 0.667. The average Bonchev–Trinajstić information content (AvgIpc) is 1.53. The van der Waals surface area contributed by atoms with E-state index in [1.165, 1.54) is 0 Å². The molecular formula is C8H17NO2. The highest BCUT2D eigenvalue weighted by Gasteiger charge is 2.22. The van der Waals surface area contributed by atoms with Gasteiger partial charge in [0.2, 0.25) is 5.91 Å². The predicted molar refractivity (Wildman–Crippen MR) is 44.1 cm³/mol. The average molecular weight is 159 g/mol. The number of carbonyl (C=O) groups is 1. The number of carbonyl (C=O) groups excluding carboxylic acids is 1. The van der Waals surface area contributed by atoms with Gasteiger partial charge in [-0.25, -0.2) is 0 Å². The Morgan fingerprint density at radius 1 is 1.55 bits per heavy atom. The van der Waals surface area contributed by atoms with Gasteiger partial charge in [0, 0.05) is 0 Å². The van der Waals surface area contributed by atoms with Crippen molar-refractivity contribution in [1.82, 2.24) is 0 Å². The van der Waals surface area contributed by atoms with Crippen LogP contribution in [0.3, 0.4) is 0 Å². The molecule has 0 aromatic carbocycles. The van der Waals surface area contributed by atoms with Gasteiger partial charge in [-0.1, -0.05) is 0 Å². The van der Waals surface area contributed by atoms with Crippen LogP contribution in [0.5, 0.6) is 0 Å². The lowest BCUT2D eigenvalue weighted by molar-refractivity contribution is -0.126. The van der Waals surface area contributed by atoms with Gasteiger partial charge in [-0.15, -0.1) is 0 Å². The van der Waals surface area contributed by atoms with Crippen molar-refractivity contribution in [3.63, 3.8) is 0 Å². The molecule has 0 aliphatic rings. The van der Waals surface area contributed by atoms with Crippen LogP contribution in [-0.2, 0) is 9.53 Å². The van der Waals surface area contributed by atoms with Crippen molar-refractivity contribution < 1.29 is 9.53 Å². The molecule has 0 fully saturated rings. The molecule has 3 nitrogen and oxygen atoms in total. The fourth-order valence-corrected chi connectivity index (χ4v) is 1.10. The van der Waals surface area contributed by atoms with Crippen molar-refractivity contribution in [3.8, 4) is 0 Å². The third-order valence-electron chi connectivity index (χ3n) is 1.15. The molecule has 0 spiro atoms. The molecule has 66 valence electrons. The maximum atomic E-state index is 10.5. The van der Waals surface area contributed by atoms with E-state index in [9.17, 15) is 4.79 Å². The topological polar surface area (TPSA) is 52.3 Å². The van der Waals surface area contributed by atoms with E-state index < -0.39 is 5.60 Å². The zero-order valence-electron chi connectivity index (χ0n) is 7.68. The first kappa shape index (κ1) is 10.4. The molecule has 0 bridgehead atoms. The summed E-state index contributed by atoms with van der Waals surface area (Å²) in [7, 11) is 0. The summed E-state index contributed by atoms with van der Waals surface area (Å²) in [5, 5.41) is 0. The Morgan fingerprint density at radius 3 is 2.27 bits per heavy atom. The summed E-state index contributed by atoms with van der Waals surface area (Å²) in [6.07, 6.45) is 0.398. The second-order valence-corrected chi connectivity index (χ2v) is 3.57. The Bertz CT molecular complexity index is 141. The molecule has 0 heterocycles. The van der Waals surface area contributed by atoms with Crippen molar-refractivity contribution in [2.45, 2.75) is 45.8 Å². The van der Waals surface area contributed by atoms with Crippen LogP contribution in [-0.4, -0.2) is 17.6 Å². The molecular weight excluding hydrogens is 142 g/mol. The fraction of sp³-hybridized carbons (Fsp3) is 0.875. The van der Waals surface area contributed by atoms with Gasteiger partial charge in [0.1, 0.15) is 0 Å². The lowest BCUT2D eigenvalue weighted by atomic mass is 10.0. The minimum Gasteiger partial charge on any atom is -0.372 e. The molecule has 0 unspecified atom stereocenters. The number of ether oxygens (including phenoxy) is 1. The third kappa shape index (κ3) is 5.85. The highest BCUT2D eigenvalue weighted by molar-refractivity contribution is 5.74. The number of nitrogens with two attached hydrogens (primary N) is 1. The lowest BCUT2D eigenvalue weighted by Gasteiger charge is -2.26. The highest BCUT2D eigenvalue weighted by Crippen LogP contribution is 2.15. The molecule has 0 aromatic heterocycles. The van der Waals surface area contributed by atoms with Gasteiger partial charge in [-0.05, 0) is 27.7 Å². The summed E-state index contributed by atoms with van der Waals surface area (Å²) in [5.74, 6) is -0.323. The van der Waals surface area contributed by atoms with Crippen LogP contribution in [0.4, 0.5) is 0 Å². The molecule has 2 N–H and O–H groups in total. The van der Waals surface area contributed by atoms with E-state index >= 15 is 0 Å². The predicted octanol–water partition coefficient (Wildman–Crippen LogP) is 1.07. The maximum absolute atomic E-state index is 10.5. The van der Waals surface area contributed by atoms with Crippen LogP contribution < -0.4 is 5.73 Å². The first-order valence-corrected chi connectivity index (χ1v) is 3.79. The zero-order valence-corrected chi connectivity index (χ0v) is 7.68. The van der Waals surface area contributed by atoms with Gasteiger partial charge in [0.25, 0.3) is 0 Å². The number of primary amides is 1. The second kappa shape index (κ2) is 3.72. The molecule has 0 atom stereocenters. The van der Waals surface area contributed by atoms with E-state index in [-0.39, 0.29) is 18.4 Å². The molecule has 0 aliphatic carbocycles. The van der Waals surface area contributed by atoms with E-state index in [1.54, 1.807) is 0 Å². The second-order valence-electron chi connectivity index (χ2n) is 3.57. The molecule has 1 amide bonds. The molecule has 0 saturated carbocycles. The first-order valence-electron chi connectivity index (χ1n) is 3.79. The lowest BCUT2D eigenvalue weighted by Crippen LogP contribution is -2.33. The fourth-order valence-electron chi connectivity index (χ4n) is 1.10. The maximum Gasteiger partial charge on any atom is 0.220 e. The molecule has 11 heavy (non-hydrogen) atoms. The van der Waals surface area contributed by atoms with Crippen LogP contribution in [0.25, 0.3) is 0 Å². The highest BCUT2D eigenvalue weighted by atomic mass is 16.5. The van der Waals surface area contributed by atoms with Crippen LogP contribution in [0.2, 0.25) is 0 Å². The number of amides is 1. The molecule has 0 saturated heterocycles. The van der Waals surface area contributed by atoms with Crippen LogP contribution >= 0.6 is 0 Å². The smallest absolute Gasteiger partial charge is 0.220 e. The number of hydrogen-bond donors (Lipinski definition) is 1. The Hall–Kier alpha value is -0.570. The minimum atomic E-state index is -0.431. The summed E-state index contributed by atoms with van der Waals surface area (Å²) in [4.78, 5) is 10.5. The van der Waals surface area contributed by atoms with Crippen LogP contribution in [0, 0.1) is 0 Å². The van der Waals surface area contributed by atoms with Gasteiger partial charge >= 0.3 is 0 Å². The molecule has 3 heteroatoms. The summed E-state index contributed by atoms with van der Waals surface area (Å²) in [6, 6.07) is 0. The van der Waals surface area contributed by atoms with Crippen molar-refractivity contribution >= 4 is 5.91 Å². The first-order chi connectivity index (χ1) is 4.83. The summed E-state index contributed by atoms with van der Waals surface area (Å²) in [6.45, 7) is 7.58. The van der Waals surface area contributed by atoms with Gasteiger partial charge in [0.05, 0.1) is 18.1 Å². The normalized spacial score (nSPS) is 12.1. The van der Waals surface area contributed by atoms with E-state index in [1.807, 2.05) is 27.7 Å². The van der Waals surface area contributed by atoms with E-state index in [0.717, 1.165) is 0 Å². The Morgan fingerprint density at radius 2 is 2.00 bits per heavy atom. The largest absolute Gasteiger partial charge is 0.372 e. The molecule has 0 radical (unpaired) electrons. The third-order valence-corrected chi connectivity index (χ3v) is 1.15. The Balaban J connectivity index is 3.89. The van der Waals surface area contributed by atoms with Gasteiger partial charge in [-0.3, -0.25) is 4.79 Å². The van der Waals surface area contributed by atoms with E-state index in [0.29, 0.717) is 0 Å². The van der Waals surface area contributed by atoms with E-state index in [2.05, 4.69) is 0 Å². The molecule has 0 aliphatic heterocycles. The van der Waals surface area contributed by atoms with Crippen molar-refractivity contribution in [1.29, 1.82) is 0 Å². The minimum absolute atomic E-state index is 0.129. The van der Waals surface area contributed by atoms with Crippen molar-refractivity contribution in [2.75, 3.05) is 0 Å². The SMILES string of the molecule is CC(C)OC(C)(C)CC(N)=O. The Labute approximate surface area is 67.9 Å². The van der Waals surface area contributed by atoms with Crippen molar-refractivity contribution in [2.24, 2.45) is 5.73 Å². The monoisotopic (exact) mass is 159 g/mol. The standard InChI is InChI=1S/C8H17NO2/c1-6(2)11-8(3,4)5-7(9)10/h6H,5H2,1-4H3,(H2,9,10). The zero-order chi connectivity index (χ0) is 9.07. The van der Waals surface area contributed by atoms with Gasteiger partial charge in [0.15, 0.2) is 0 Å². The Kier molecular flexibility index (Phi) is 3.52. The summed E-state index contributed by atoms with van der Waals surface area (Å²) < 4.78 is 5.45. The summed E-state index contributed by atoms with van der Waals surface area (Å²) >= 11 is 0. The molecule has 0 aromatic rings. The van der Waals surface area contributed by atoms with Gasteiger partial charge in [-0.2, -0.15) is 0 Å². The molecule has 0 rings (SSSR count). The van der Waals surface area contributed by atoms with E-state index in [4.69, 9.17) is 10.5 Å². The number of hydrogen-bond acceptors (Lipinski definition) is 2. The van der Waals surface area contributed by atoms with Crippen molar-refractivity contribution in [3.05, 3.63) is 0 Å². The summed E-state index contributed by atoms with van der Waals surface area (Å²) in [5.41, 5.74) is 4.60.